The lowest BCUT2D eigenvalue weighted by molar-refractivity contribution is -0.132. The Kier molecular flexibility index (Phi) is 4.66. The highest BCUT2D eigenvalue weighted by molar-refractivity contribution is 5.76. The van der Waals surface area contributed by atoms with Gasteiger partial charge >= 0.3 is 0 Å². The molecule has 0 N–H and O–H groups in total. The molecule has 0 radical (unpaired) electrons. The van der Waals surface area contributed by atoms with Crippen molar-refractivity contribution in [1.29, 1.82) is 0 Å². The average molecular weight is 196 g/mol. The molecule has 0 aliphatic carbocycles. The van der Waals surface area contributed by atoms with Crippen molar-refractivity contribution in [3.05, 3.63) is 12.7 Å². The molecule has 0 bridgehead atoms. The second-order valence-electron chi connectivity index (χ2n) is 3.72. The zero-order valence-electron chi connectivity index (χ0n) is 9.04. The van der Waals surface area contributed by atoms with Gasteiger partial charge in [-0.05, 0) is 6.42 Å². The molecule has 0 atom stereocenters. The fourth-order valence-electron chi connectivity index (χ4n) is 1.73. The van der Waals surface area contributed by atoms with Crippen LogP contribution in [-0.4, -0.2) is 48.4 Å². The third kappa shape index (κ3) is 3.14. The predicted octanol–water partition coefficient (Wildman–Crippen LogP) is 1.12. The fourth-order valence-corrected chi connectivity index (χ4v) is 1.73. The summed E-state index contributed by atoms with van der Waals surface area (Å²) in [6.07, 6.45) is 3.57. The SMILES string of the molecule is C=CCN1CCN(C(=O)CCC)CC1. The van der Waals surface area contributed by atoms with Crippen molar-refractivity contribution in [3.63, 3.8) is 0 Å². The molecule has 1 rings (SSSR count). The third-order valence-corrected chi connectivity index (χ3v) is 2.58. The summed E-state index contributed by atoms with van der Waals surface area (Å²) in [4.78, 5) is 15.8. The molecular weight excluding hydrogens is 176 g/mol. The zero-order valence-corrected chi connectivity index (χ0v) is 9.04. The Morgan fingerprint density at radius 1 is 1.36 bits per heavy atom. The molecule has 1 fully saturated rings. The van der Waals surface area contributed by atoms with E-state index in [1.54, 1.807) is 0 Å². The highest BCUT2D eigenvalue weighted by atomic mass is 16.2. The van der Waals surface area contributed by atoms with Gasteiger partial charge in [-0.25, -0.2) is 0 Å². The molecule has 0 saturated carbocycles. The van der Waals surface area contributed by atoms with Crippen LogP contribution in [-0.2, 0) is 4.79 Å². The largest absolute Gasteiger partial charge is 0.340 e. The van der Waals surface area contributed by atoms with Crippen LogP contribution in [0.15, 0.2) is 12.7 Å². The van der Waals surface area contributed by atoms with Gasteiger partial charge in [0, 0.05) is 39.1 Å². The number of carbonyl (C=O) groups is 1. The van der Waals surface area contributed by atoms with E-state index in [1.807, 2.05) is 17.9 Å². The summed E-state index contributed by atoms with van der Waals surface area (Å²) in [7, 11) is 0. The molecule has 14 heavy (non-hydrogen) atoms. The number of rotatable bonds is 4. The number of nitrogens with zero attached hydrogens (tertiary/aromatic N) is 2. The van der Waals surface area contributed by atoms with E-state index in [1.165, 1.54) is 0 Å². The first kappa shape index (κ1) is 11.2. The van der Waals surface area contributed by atoms with Gasteiger partial charge < -0.3 is 4.90 Å². The van der Waals surface area contributed by atoms with Gasteiger partial charge in [0.2, 0.25) is 5.91 Å². The first-order valence-corrected chi connectivity index (χ1v) is 5.39. The van der Waals surface area contributed by atoms with Crippen LogP contribution in [0.4, 0.5) is 0 Å². The molecule has 3 heteroatoms. The summed E-state index contributed by atoms with van der Waals surface area (Å²) in [5.41, 5.74) is 0. The van der Waals surface area contributed by atoms with E-state index >= 15 is 0 Å². The number of hydrogen-bond donors (Lipinski definition) is 0. The van der Waals surface area contributed by atoms with Gasteiger partial charge in [-0.1, -0.05) is 13.0 Å². The topological polar surface area (TPSA) is 23.6 Å². The van der Waals surface area contributed by atoms with Crippen molar-refractivity contribution in [3.8, 4) is 0 Å². The van der Waals surface area contributed by atoms with Crippen molar-refractivity contribution in [2.24, 2.45) is 0 Å². The summed E-state index contributed by atoms with van der Waals surface area (Å²) in [6.45, 7) is 10.4. The Morgan fingerprint density at radius 2 is 2.00 bits per heavy atom. The normalized spacial score (nSPS) is 18.2. The molecule has 0 spiro atoms. The lowest BCUT2D eigenvalue weighted by Crippen LogP contribution is -2.48. The monoisotopic (exact) mass is 196 g/mol. The number of amides is 1. The molecule has 1 aliphatic rings. The molecule has 1 saturated heterocycles. The second-order valence-corrected chi connectivity index (χ2v) is 3.72. The second kappa shape index (κ2) is 5.81. The number of hydrogen-bond acceptors (Lipinski definition) is 2. The van der Waals surface area contributed by atoms with Crippen LogP contribution in [0.5, 0.6) is 0 Å². The fraction of sp³-hybridized carbons (Fsp3) is 0.727. The molecule has 1 aliphatic heterocycles. The first-order chi connectivity index (χ1) is 6.77. The molecule has 80 valence electrons. The average Bonchev–Trinajstić information content (AvgIpc) is 2.20. The summed E-state index contributed by atoms with van der Waals surface area (Å²) >= 11 is 0. The van der Waals surface area contributed by atoms with Crippen molar-refractivity contribution >= 4 is 5.91 Å². The summed E-state index contributed by atoms with van der Waals surface area (Å²) in [5, 5.41) is 0. The third-order valence-electron chi connectivity index (χ3n) is 2.58. The Hall–Kier alpha value is -0.830. The molecule has 0 aromatic heterocycles. The molecule has 0 aromatic rings. The van der Waals surface area contributed by atoms with Gasteiger partial charge in [-0.15, -0.1) is 6.58 Å². The smallest absolute Gasteiger partial charge is 0.222 e. The van der Waals surface area contributed by atoms with Gasteiger partial charge in [-0.3, -0.25) is 9.69 Å². The van der Waals surface area contributed by atoms with Crippen LogP contribution < -0.4 is 0 Å². The Balaban J connectivity index is 2.27. The zero-order chi connectivity index (χ0) is 10.4. The predicted molar refractivity (Wildman–Crippen MR) is 58.1 cm³/mol. The van der Waals surface area contributed by atoms with Crippen LogP contribution in [0.2, 0.25) is 0 Å². The first-order valence-electron chi connectivity index (χ1n) is 5.39. The molecule has 1 heterocycles. The van der Waals surface area contributed by atoms with Crippen molar-refractivity contribution in [2.45, 2.75) is 19.8 Å². The van der Waals surface area contributed by atoms with Crippen molar-refractivity contribution < 1.29 is 4.79 Å². The van der Waals surface area contributed by atoms with E-state index in [2.05, 4.69) is 11.5 Å². The summed E-state index contributed by atoms with van der Waals surface area (Å²) in [6, 6.07) is 0. The molecule has 1 amide bonds. The Morgan fingerprint density at radius 3 is 2.50 bits per heavy atom. The minimum absolute atomic E-state index is 0.311. The van der Waals surface area contributed by atoms with Gasteiger partial charge in [0.15, 0.2) is 0 Å². The molecular formula is C11H20N2O. The number of carbonyl (C=O) groups excluding carboxylic acids is 1. The van der Waals surface area contributed by atoms with E-state index in [0.717, 1.165) is 39.1 Å². The lowest BCUT2D eigenvalue weighted by atomic mass is 10.2. The Bertz CT molecular complexity index is 195. The van der Waals surface area contributed by atoms with Gasteiger partial charge in [0.1, 0.15) is 0 Å². The van der Waals surface area contributed by atoms with E-state index < -0.39 is 0 Å². The lowest BCUT2D eigenvalue weighted by Gasteiger charge is -2.34. The maximum atomic E-state index is 11.5. The molecule has 3 nitrogen and oxygen atoms in total. The van der Waals surface area contributed by atoms with Gasteiger partial charge in [0.05, 0.1) is 0 Å². The summed E-state index contributed by atoms with van der Waals surface area (Å²) < 4.78 is 0. The quantitative estimate of drug-likeness (QED) is 0.629. The maximum Gasteiger partial charge on any atom is 0.222 e. The van der Waals surface area contributed by atoms with E-state index in [4.69, 9.17) is 0 Å². The van der Waals surface area contributed by atoms with Crippen molar-refractivity contribution in [1.82, 2.24) is 9.80 Å². The van der Waals surface area contributed by atoms with Crippen LogP contribution in [0.1, 0.15) is 19.8 Å². The summed E-state index contributed by atoms with van der Waals surface area (Å²) in [5.74, 6) is 0.311. The van der Waals surface area contributed by atoms with Crippen LogP contribution >= 0.6 is 0 Å². The maximum absolute atomic E-state index is 11.5. The van der Waals surface area contributed by atoms with Crippen LogP contribution in [0, 0.1) is 0 Å². The standard InChI is InChI=1S/C11H20N2O/c1-3-5-11(14)13-9-7-12(6-4-2)8-10-13/h4H,2-3,5-10H2,1H3. The van der Waals surface area contributed by atoms with Crippen molar-refractivity contribution in [2.75, 3.05) is 32.7 Å². The number of piperazine rings is 1. The minimum Gasteiger partial charge on any atom is -0.340 e. The highest BCUT2D eigenvalue weighted by Crippen LogP contribution is 2.04. The highest BCUT2D eigenvalue weighted by Gasteiger charge is 2.19. The van der Waals surface area contributed by atoms with Crippen LogP contribution in [0.3, 0.4) is 0 Å². The van der Waals surface area contributed by atoms with E-state index in [-0.39, 0.29) is 0 Å². The van der Waals surface area contributed by atoms with Gasteiger partial charge in [-0.2, -0.15) is 0 Å². The minimum atomic E-state index is 0.311. The molecule has 0 unspecified atom stereocenters. The van der Waals surface area contributed by atoms with Crippen LogP contribution in [0.25, 0.3) is 0 Å². The molecule has 0 aromatic carbocycles. The van der Waals surface area contributed by atoms with E-state index in [0.29, 0.717) is 12.3 Å². The van der Waals surface area contributed by atoms with E-state index in [9.17, 15) is 4.79 Å². The Labute approximate surface area is 86.4 Å². The van der Waals surface area contributed by atoms with Gasteiger partial charge in [0.25, 0.3) is 0 Å².